The minimum Gasteiger partial charge on any atom is -0.494 e. The van der Waals surface area contributed by atoms with Crippen LogP contribution >= 0.6 is 0 Å². The van der Waals surface area contributed by atoms with E-state index in [1.54, 1.807) is 0 Å². The van der Waals surface area contributed by atoms with Crippen molar-refractivity contribution in [2.24, 2.45) is 0 Å². The van der Waals surface area contributed by atoms with Gasteiger partial charge in [-0.1, -0.05) is 48.0 Å². The summed E-state index contributed by atoms with van der Waals surface area (Å²) in [6.07, 6.45) is 1.97. The SMILES string of the molecule is Cc1cccc(C(=O)Nc2ccc(OCCCc3ccccc3)cc2)c1. The van der Waals surface area contributed by atoms with Crippen molar-refractivity contribution in [1.82, 2.24) is 0 Å². The van der Waals surface area contributed by atoms with Crippen LogP contribution in [0.4, 0.5) is 5.69 Å². The van der Waals surface area contributed by atoms with Gasteiger partial charge in [0.2, 0.25) is 0 Å². The van der Waals surface area contributed by atoms with Gasteiger partial charge in [0.1, 0.15) is 5.75 Å². The van der Waals surface area contributed by atoms with E-state index in [1.165, 1.54) is 5.56 Å². The maximum absolute atomic E-state index is 12.3. The highest BCUT2D eigenvalue weighted by Gasteiger charge is 2.06. The Labute approximate surface area is 154 Å². The van der Waals surface area contributed by atoms with Crippen molar-refractivity contribution < 1.29 is 9.53 Å². The highest BCUT2D eigenvalue weighted by atomic mass is 16.5. The molecule has 1 amide bonds. The summed E-state index contributed by atoms with van der Waals surface area (Å²) in [6.45, 7) is 2.64. The van der Waals surface area contributed by atoms with Gasteiger partial charge >= 0.3 is 0 Å². The molecule has 0 aliphatic heterocycles. The third kappa shape index (κ3) is 5.21. The fourth-order valence-electron chi connectivity index (χ4n) is 2.74. The third-order valence-corrected chi connectivity index (χ3v) is 4.11. The van der Waals surface area contributed by atoms with E-state index in [1.807, 2.05) is 61.5 Å². The summed E-state index contributed by atoms with van der Waals surface area (Å²) in [6, 6.07) is 25.4. The van der Waals surface area contributed by atoms with Gasteiger partial charge in [-0.2, -0.15) is 0 Å². The van der Waals surface area contributed by atoms with Crippen molar-refractivity contribution in [1.29, 1.82) is 0 Å². The van der Waals surface area contributed by atoms with Gasteiger partial charge in [0.25, 0.3) is 5.91 Å². The number of aryl methyl sites for hydroxylation is 2. The van der Waals surface area contributed by atoms with Gasteiger partial charge in [-0.05, 0) is 61.7 Å². The van der Waals surface area contributed by atoms with Gasteiger partial charge in [-0.3, -0.25) is 4.79 Å². The average Bonchev–Trinajstić information content (AvgIpc) is 2.67. The summed E-state index contributed by atoms with van der Waals surface area (Å²) in [5, 5.41) is 2.91. The molecule has 0 unspecified atom stereocenters. The molecule has 0 atom stereocenters. The van der Waals surface area contributed by atoms with Gasteiger partial charge in [-0.15, -0.1) is 0 Å². The molecule has 0 fully saturated rings. The quantitative estimate of drug-likeness (QED) is 0.593. The van der Waals surface area contributed by atoms with Gasteiger partial charge in [0.05, 0.1) is 6.61 Å². The standard InChI is InChI=1S/C23H23NO2/c1-18-7-5-11-20(17-18)23(25)24-21-12-14-22(15-13-21)26-16-6-10-19-8-3-2-4-9-19/h2-5,7-9,11-15,17H,6,10,16H2,1H3,(H,24,25). The van der Waals surface area contributed by atoms with Gasteiger partial charge < -0.3 is 10.1 Å². The zero-order valence-electron chi connectivity index (χ0n) is 14.9. The molecular weight excluding hydrogens is 322 g/mol. The van der Waals surface area contributed by atoms with Gasteiger partial charge in [0.15, 0.2) is 0 Å². The van der Waals surface area contributed by atoms with Crippen LogP contribution in [0.2, 0.25) is 0 Å². The molecular formula is C23H23NO2. The second-order valence-corrected chi connectivity index (χ2v) is 6.29. The van der Waals surface area contributed by atoms with Crippen LogP contribution in [-0.4, -0.2) is 12.5 Å². The normalized spacial score (nSPS) is 10.3. The summed E-state index contributed by atoms with van der Waals surface area (Å²) in [7, 11) is 0. The number of benzene rings is 3. The maximum Gasteiger partial charge on any atom is 0.255 e. The smallest absolute Gasteiger partial charge is 0.255 e. The number of hydrogen-bond acceptors (Lipinski definition) is 2. The average molecular weight is 345 g/mol. The molecule has 3 aromatic rings. The first-order chi connectivity index (χ1) is 12.7. The van der Waals surface area contributed by atoms with Crippen LogP contribution in [0.3, 0.4) is 0 Å². The lowest BCUT2D eigenvalue weighted by Gasteiger charge is -2.09. The highest BCUT2D eigenvalue weighted by molar-refractivity contribution is 6.04. The molecule has 1 N–H and O–H groups in total. The summed E-state index contributed by atoms with van der Waals surface area (Å²) in [4.78, 5) is 12.3. The third-order valence-electron chi connectivity index (χ3n) is 4.11. The van der Waals surface area contributed by atoms with Crippen LogP contribution in [0.25, 0.3) is 0 Å². The molecule has 0 spiro atoms. The molecule has 0 bridgehead atoms. The van der Waals surface area contributed by atoms with E-state index in [9.17, 15) is 4.79 Å². The van der Waals surface area contributed by atoms with Crippen molar-refractivity contribution in [2.45, 2.75) is 19.8 Å². The minimum atomic E-state index is -0.106. The number of carbonyl (C=O) groups excluding carboxylic acids is 1. The van der Waals surface area contributed by atoms with Crippen molar-refractivity contribution in [3.8, 4) is 5.75 Å². The summed E-state index contributed by atoms with van der Waals surface area (Å²) >= 11 is 0. The molecule has 3 aromatic carbocycles. The van der Waals surface area contributed by atoms with Crippen LogP contribution in [0.1, 0.15) is 27.9 Å². The van der Waals surface area contributed by atoms with Crippen molar-refractivity contribution >= 4 is 11.6 Å². The lowest BCUT2D eigenvalue weighted by atomic mass is 10.1. The van der Waals surface area contributed by atoms with Crippen LogP contribution in [-0.2, 0) is 6.42 Å². The molecule has 0 aromatic heterocycles. The van der Waals surface area contributed by atoms with E-state index >= 15 is 0 Å². The molecule has 3 nitrogen and oxygen atoms in total. The summed E-state index contributed by atoms with van der Waals surface area (Å²) in [5.74, 6) is 0.705. The number of nitrogens with one attached hydrogen (secondary N) is 1. The van der Waals surface area contributed by atoms with Gasteiger partial charge in [-0.25, -0.2) is 0 Å². The van der Waals surface area contributed by atoms with Crippen LogP contribution < -0.4 is 10.1 Å². The fraction of sp³-hybridized carbons (Fsp3) is 0.174. The Kier molecular flexibility index (Phi) is 6.05. The number of carbonyl (C=O) groups is 1. The summed E-state index contributed by atoms with van der Waals surface area (Å²) in [5.41, 5.74) is 3.81. The Morgan fingerprint density at radius 1 is 0.923 bits per heavy atom. The Bertz CT molecular complexity index is 842. The number of ether oxygens (including phenoxy) is 1. The number of rotatable bonds is 7. The van der Waals surface area contributed by atoms with E-state index in [0.717, 1.165) is 29.8 Å². The Hall–Kier alpha value is -3.07. The van der Waals surface area contributed by atoms with Crippen molar-refractivity contribution in [3.05, 3.63) is 95.6 Å². The summed E-state index contributed by atoms with van der Waals surface area (Å²) < 4.78 is 5.78. The van der Waals surface area contributed by atoms with E-state index in [2.05, 4.69) is 29.6 Å². The second kappa shape index (κ2) is 8.86. The van der Waals surface area contributed by atoms with E-state index in [-0.39, 0.29) is 5.91 Å². The van der Waals surface area contributed by atoms with Crippen molar-refractivity contribution in [3.63, 3.8) is 0 Å². The maximum atomic E-state index is 12.3. The minimum absolute atomic E-state index is 0.106. The van der Waals surface area contributed by atoms with E-state index in [0.29, 0.717) is 12.2 Å². The zero-order valence-corrected chi connectivity index (χ0v) is 14.9. The second-order valence-electron chi connectivity index (χ2n) is 6.29. The van der Waals surface area contributed by atoms with Crippen LogP contribution in [0.15, 0.2) is 78.9 Å². The molecule has 0 aliphatic carbocycles. The molecule has 0 saturated heterocycles. The molecule has 0 aliphatic rings. The fourth-order valence-corrected chi connectivity index (χ4v) is 2.74. The zero-order chi connectivity index (χ0) is 18.2. The van der Waals surface area contributed by atoms with Crippen molar-refractivity contribution in [2.75, 3.05) is 11.9 Å². The lowest BCUT2D eigenvalue weighted by Crippen LogP contribution is -2.11. The Morgan fingerprint density at radius 3 is 2.42 bits per heavy atom. The molecule has 0 radical (unpaired) electrons. The van der Waals surface area contributed by atoms with Gasteiger partial charge in [0, 0.05) is 11.3 Å². The topological polar surface area (TPSA) is 38.3 Å². The molecule has 0 saturated carbocycles. The van der Waals surface area contributed by atoms with Crippen LogP contribution in [0.5, 0.6) is 5.75 Å². The van der Waals surface area contributed by atoms with Crippen LogP contribution in [0, 0.1) is 6.92 Å². The molecule has 132 valence electrons. The number of amides is 1. The lowest BCUT2D eigenvalue weighted by molar-refractivity contribution is 0.102. The molecule has 26 heavy (non-hydrogen) atoms. The molecule has 0 heterocycles. The number of anilines is 1. The Balaban J connectivity index is 1.46. The first-order valence-corrected chi connectivity index (χ1v) is 8.85. The van der Waals surface area contributed by atoms with E-state index in [4.69, 9.17) is 4.74 Å². The molecule has 3 heteroatoms. The monoisotopic (exact) mass is 345 g/mol. The largest absolute Gasteiger partial charge is 0.494 e. The molecule has 3 rings (SSSR count). The number of hydrogen-bond donors (Lipinski definition) is 1. The first kappa shape index (κ1) is 17.7. The first-order valence-electron chi connectivity index (χ1n) is 8.85. The predicted octanol–water partition coefficient (Wildman–Crippen LogP) is 5.26. The Morgan fingerprint density at radius 2 is 1.69 bits per heavy atom. The van der Waals surface area contributed by atoms with E-state index < -0.39 is 0 Å². The predicted molar refractivity (Wildman–Crippen MR) is 106 cm³/mol. The highest BCUT2D eigenvalue weighted by Crippen LogP contribution is 2.17.